The lowest BCUT2D eigenvalue weighted by molar-refractivity contribution is -0.126. The molecule has 20 heavy (non-hydrogen) atoms. The fourth-order valence-electron chi connectivity index (χ4n) is 1.60. The van der Waals surface area contributed by atoms with Gasteiger partial charge in [0.2, 0.25) is 0 Å². The fourth-order valence-corrected chi connectivity index (χ4v) is 1.60. The summed E-state index contributed by atoms with van der Waals surface area (Å²) in [4.78, 5) is 23.0. The minimum Gasteiger partial charge on any atom is -0.481 e. The molecule has 0 aliphatic rings. The van der Waals surface area contributed by atoms with Crippen molar-refractivity contribution in [1.82, 2.24) is 10.6 Å². The van der Waals surface area contributed by atoms with E-state index >= 15 is 0 Å². The van der Waals surface area contributed by atoms with Gasteiger partial charge in [-0.1, -0.05) is 18.2 Å². The van der Waals surface area contributed by atoms with Gasteiger partial charge in [0.15, 0.2) is 6.10 Å². The van der Waals surface area contributed by atoms with Crippen LogP contribution in [0.1, 0.15) is 32.4 Å². The lowest BCUT2D eigenvalue weighted by Crippen LogP contribution is -2.45. The summed E-state index contributed by atoms with van der Waals surface area (Å²) >= 11 is 0. The van der Waals surface area contributed by atoms with Crippen LogP contribution >= 0.6 is 0 Å². The standard InChI is InChI=1S/C14H20N2O4/c1-4-15-14(19)16-13(18)10(3)20-12-8-6-5-7-11(12)9(2)17/h5-10,17H,4H2,1-3H3,(H2,15,16,18,19)/t9-,10?/m0/s1. The average molecular weight is 280 g/mol. The van der Waals surface area contributed by atoms with E-state index in [0.29, 0.717) is 17.9 Å². The van der Waals surface area contributed by atoms with Crippen LogP contribution in [0.4, 0.5) is 4.79 Å². The first-order valence-electron chi connectivity index (χ1n) is 6.48. The molecule has 3 N–H and O–H groups in total. The number of amides is 3. The monoisotopic (exact) mass is 280 g/mol. The lowest BCUT2D eigenvalue weighted by Gasteiger charge is -2.18. The summed E-state index contributed by atoms with van der Waals surface area (Å²) in [6.45, 7) is 5.33. The van der Waals surface area contributed by atoms with Crippen molar-refractivity contribution in [2.75, 3.05) is 6.54 Å². The molecular weight excluding hydrogens is 260 g/mol. The Labute approximate surface area is 118 Å². The number of ether oxygens (including phenoxy) is 1. The van der Waals surface area contributed by atoms with Gasteiger partial charge in [-0.25, -0.2) is 4.79 Å². The Balaban J connectivity index is 2.68. The molecular formula is C14H20N2O4. The van der Waals surface area contributed by atoms with Crippen LogP contribution in [0.5, 0.6) is 5.75 Å². The summed E-state index contributed by atoms with van der Waals surface area (Å²) in [5, 5.41) is 14.3. The molecule has 6 heteroatoms. The second-order valence-corrected chi connectivity index (χ2v) is 4.32. The maximum Gasteiger partial charge on any atom is 0.321 e. The van der Waals surface area contributed by atoms with Crippen LogP contribution in [0.15, 0.2) is 24.3 Å². The molecule has 1 rings (SSSR count). The number of urea groups is 1. The Bertz CT molecular complexity index is 474. The van der Waals surface area contributed by atoms with Gasteiger partial charge >= 0.3 is 6.03 Å². The van der Waals surface area contributed by atoms with Crippen molar-refractivity contribution in [2.24, 2.45) is 0 Å². The summed E-state index contributed by atoms with van der Waals surface area (Å²) in [6.07, 6.45) is -1.55. The predicted octanol–water partition coefficient (Wildman–Crippen LogP) is 1.35. The van der Waals surface area contributed by atoms with E-state index in [1.165, 1.54) is 6.92 Å². The van der Waals surface area contributed by atoms with E-state index < -0.39 is 24.1 Å². The number of hydrogen-bond acceptors (Lipinski definition) is 4. The van der Waals surface area contributed by atoms with Crippen molar-refractivity contribution in [3.63, 3.8) is 0 Å². The normalized spacial score (nSPS) is 13.2. The first kappa shape index (κ1) is 16.0. The molecule has 0 heterocycles. The van der Waals surface area contributed by atoms with E-state index in [-0.39, 0.29) is 0 Å². The Morgan fingerprint density at radius 2 is 1.95 bits per heavy atom. The number of benzene rings is 1. The van der Waals surface area contributed by atoms with Crippen LogP contribution in [0.2, 0.25) is 0 Å². The molecule has 2 atom stereocenters. The number of aliphatic hydroxyl groups is 1. The van der Waals surface area contributed by atoms with Crippen molar-refractivity contribution < 1.29 is 19.4 Å². The molecule has 110 valence electrons. The van der Waals surface area contributed by atoms with Gasteiger partial charge in [0.25, 0.3) is 5.91 Å². The molecule has 0 radical (unpaired) electrons. The van der Waals surface area contributed by atoms with E-state index in [1.54, 1.807) is 38.1 Å². The molecule has 0 saturated carbocycles. The molecule has 6 nitrogen and oxygen atoms in total. The van der Waals surface area contributed by atoms with Crippen LogP contribution in [0, 0.1) is 0 Å². The number of rotatable bonds is 5. The largest absolute Gasteiger partial charge is 0.481 e. The van der Waals surface area contributed by atoms with Gasteiger partial charge in [-0.05, 0) is 26.8 Å². The highest BCUT2D eigenvalue weighted by molar-refractivity contribution is 5.96. The van der Waals surface area contributed by atoms with E-state index in [4.69, 9.17) is 4.74 Å². The molecule has 1 aromatic carbocycles. The summed E-state index contributed by atoms with van der Waals surface area (Å²) in [6, 6.07) is 6.34. The van der Waals surface area contributed by atoms with Gasteiger partial charge in [0.05, 0.1) is 6.10 Å². The second-order valence-electron chi connectivity index (χ2n) is 4.32. The number of aliphatic hydroxyl groups excluding tert-OH is 1. The number of imide groups is 1. The first-order chi connectivity index (χ1) is 9.45. The third-order valence-electron chi connectivity index (χ3n) is 2.62. The minimum atomic E-state index is -0.850. The molecule has 3 amide bonds. The summed E-state index contributed by atoms with van der Waals surface area (Å²) < 4.78 is 5.50. The SMILES string of the molecule is CCNC(=O)NC(=O)C(C)Oc1ccccc1[C@H](C)O. The van der Waals surface area contributed by atoms with Gasteiger partial charge in [-0.2, -0.15) is 0 Å². The Kier molecular flexibility index (Phi) is 5.99. The van der Waals surface area contributed by atoms with E-state index in [0.717, 1.165) is 0 Å². The van der Waals surface area contributed by atoms with E-state index in [9.17, 15) is 14.7 Å². The zero-order valence-corrected chi connectivity index (χ0v) is 11.8. The Hall–Kier alpha value is -2.08. The van der Waals surface area contributed by atoms with Gasteiger partial charge < -0.3 is 15.2 Å². The summed E-state index contributed by atoms with van der Waals surface area (Å²) in [5.74, 6) is -0.127. The van der Waals surface area contributed by atoms with Crippen molar-refractivity contribution in [3.8, 4) is 5.75 Å². The van der Waals surface area contributed by atoms with Gasteiger partial charge in [-0.3, -0.25) is 10.1 Å². The van der Waals surface area contributed by atoms with Crippen molar-refractivity contribution >= 4 is 11.9 Å². The molecule has 0 aliphatic carbocycles. The molecule has 0 saturated heterocycles. The minimum absolute atomic E-state index is 0.418. The number of carbonyl (C=O) groups is 2. The molecule has 1 unspecified atom stereocenters. The predicted molar refractivity (Wildman–Crippen MR) is 74.4 cm³/mol. The third kappa shape index (κ3) is 4.55. The molecule has 0 spiro atoms. The first-order valence-corrected chi connectivity index (χ1v) is 6.48. The van der Waals surface area contributed by atoms with Crippen molar-refractivity contribution in [2.45, 2.75) is 33.0 Å². The zero-order valence-electron chi connectivity index (χ0n) is 11.8. The van der Waals surface area contributed by atoms with E-state index in [1.807, 2.05) is 0 Å². The molecule has 0 fully saturated rings. The highest BCUT2D eigenvalue weighted by atomic mass is 16.5. The smallest absolute Gasteiger partial charge is 0.321 e. The second kappa shape index (κ2) is 7.49. The number of hydrogen-bond donors (Lipinski definition) is 3. The van der Waals surface area contributed by atoms with Crippen molar-refractivity contribution in [3.05, 3.63) is 29.8 Å². The quantitative estimate of drug-likeness (QED) is 0.759. The fraction of sp³-hybridized carbons (Fsp3) is 0.429. The maximum atomic E-state index is 11.8. The Morgan fingerprint density at radius 3 is 2.55 bits per heavy atom. The van der Waals surface area contributed by atoms with Crippen LogP contribution in [-0.4, -0.2) is 29.7 Å². The Morgan fingerprint density at radius 1 is 1.30 bits per heavy atom. The van der Waals surface area contributed by atoms with Gasteiger partial charge in [0, 0.05) is 12.1 Å². The van der Waals surface area contributed by atoms with Crippen LogP contribution < -0.4 is 15.4 Å². The number of nitrogens with one attached hydrogen (secondary N) is 2. The van der Waals surface area contributed by atoms with Crippen molar-refractivity contribution in [1.29, 1.82) is 0 Å². The van der Waals surface area contributed by atoms with Crippen LogP contribution in [0.25, 0.3) is 0 Å². The van der Waals surface area contributed by atoms with Crippen LogP contribution in [-0.2, 0) is 4.79 Å². The third-order valence-corrected chi connectivity index (χ3v) is 2.62. The van der Waals surface area contributed by atoms with Gasteiger partial charge in [-0.15, -0.1) is 0 Å². The van der Waals surface area contributed by atoms with E-state index in [2.05, 4.69) is 10.6 Å². The number of para-hydroxylation sites is 1. The zero-order chi connectivity index (χ0) is 15.1. The molecule has 0 aliphatic heterocycles. The number of carbonyl (C=O) groups excluding carboxylic acids is 2. The summed E-state index contributed by atoms with van der Waals surface area (Å²) in [7, 11) is 0. The maximum absolute atomic E-state index is 11.8. The lowest BCUT2D eigenvalue weighted by atomic mass is 10.1. The van der Waals surface area contributed by atoms with Gasteiger partial charge in [0.1, 0.15) is 5.75 Å². The highest BCUT2D eigenvalue weighted by Crippen LogP contribution is 2.25. The molecule has 0 aromatic heterocycles. The van der Waals surface area contributed by atoms with Crippen LogP contribution in [0.3, 0.4) is 0 Å². The topological polar surface area (TPSA) is 87.7 Å². The average Bonchev–Trinajstić information content (AvgIpc) is 2.39. The molecule has 0 bridgehead atoms. The highest BCUT2D eigenvalue weighted by Gasteiger charge is 2.19. The summed E-state index contributed by atoms with van der Waals surface area (Å²) in [5.41, 5.74) is 0.588. The molecule has 1 aromatic rings.